The van der Waals surface area contributed by atoms with Crippen LogP contribution in [-0.4, -0.2) is 64.8 Å². The summed E-state index contributed by atoms with van der Waals surface area (Å²) in [7, 11) is 1.72. The standard InChI is InChI=1S/C16H22F2N2O3/c1-19(7-8-21)11-16(23)5-2-6-20(15(16)22)10-12-3-4-13(17)14(18)9-12/h3-4,9,21,23H,2,5-8,10-11H2,1H3/t16-/m1/s1. The lowest BCUT2D eigenvalue weighted by atomic mass is 9.91. The smallest absolute Gasteiger partial charge is 0.256 e. The molecule has 1 aromatic carbocycles. The van der Waals surface area contributed by atoms with Crippen molar-refractivity contribution in [1.29, 1.82) is 0 Å². The highest BCUT2D eigenvalue weighted by Crippen LogP contribution is 2.25. The predicted octanol–water partition coefficient (Wildman–Crippen LogP) is 0.742. The molecule has 1 amide bonds. The zero-order chi connectivity index (χ0) is 17.0. The average molecular weight is 328 g/mol. The van der Waals surface area contributed by atoms with E-state index in [0.717, 1.165) is 12.1 Å². The van der Waals surface area contributed by atoms with Gasteiger partial charge in [-0.05, 0) is 37.6 Å². The molecule has 128 valence electrons. The number of carbonyl (C=O) groups excluding carboxylic acids is 1. The number of carbonyl (C=O) groups is 1. The van der Waals surface area contributed by atoms with E-state index in [1.165, 1.54) is 11.0 Å². The molecule has 0 aliphatic carbocycles. The van der Waals surface area contributed by atoms with Crippen LogP contribution in [0.3, 0.4) is 0 Å². The number of hydrogen-bond acceptors (Lipinski definition) is 4. The summed E-state index contributed by atoms with van der Waals surface area (Å²) >= 11 is 0. The maximum absolute atomic E-state index is 13.3. The Bertz CT molecular complexity index is 570. The fraction of sp³-hybridized carbons (Fsp3) is 0.562. The molecular formula is C16H22F2N2O3. The van der Waals surface area contributed by atoms with Gasteiger partial charge in [-0.3, -0.25) is 4.79 Å². The summed E-state index contributed by atoms with van der Waals surface area (Å²) in [6, 6.07) is 3.52. The number of piperidine rings is 1. The van der Waals surface area contributed by atoms with Crippen LogP contribution >= 0.6 is 0 Å². The molecule has 1 aliphatic heterocycles. The van der Waals surface area contributed by atoms with Crippen LogP contribution in [0.25, 0.3) is 0 Å². The van der Waals surface area contributed by atoms with Crippen molar-refractivity contribution in [1.82, 2.24) is 9.80 Å². The van der Waals surface area contributed by atoms with Crippen molar-refractivity contribution in [3.63, 3.8) is 0 Å². The minimum Gasteiger partial charge on any atom is -0.395 e. The van der Waals surface area contributed by atoms with Crippen LogP contribution in [0.5, 0.6) is 0 Å². The van der Waals surface area contributed by atoms with E-state index in [-0.39, 0.29) is 19.7 Å². The third kappa shape index (κ3) is 4.25. The van der Waals surface area contributed by atoms with Gasteiger partial charge in [-0.25, -0.2) is 8.78 Å². The van der Waals surface area contributed by atoms with Gasteiger partial charge in [-0.2, -0.15) is 0 Å². The maximum atomic E-state index is 13.3. The summed E-state index contributed by atoms with van der Waals surface area (Å²) < 4.78 is 26.3. The van der Waals surface area contributed by atoms with Crippen LogP contribution in [0.4, 0.5) is 8.78 Å². The number of likely N-dealkylation sites (N-methyl/N-ethyl adjacent to an activating group) is 1. The molecule has 0 aromatic heterocycles. The van der Waals surface area contributed by atoms with E-state index in [9.17, 15) is 18.7 Å². The number of rotatable bonds is 6. The van der Waals surface area contributed by atoms with Gasteiger partial charge in [0.25, 0.3) is 5.91 Å². The number of likely N-dealkylation sites (tertiary alicyclic amines) is 1. The van der Waals surface area contributed by atoms with E-state index in [1.54, 1.807) is 11.9 Å². The van der Waals surface area contributed by atoms with Gasteiger partial charge in [0.2, 0.25) is 0 Å². The van der Waals surface area contributed by atoms with Gasteiger partial charge in [0.1, 0.15) is 0 Å². The van der Waals surface area contributed by atoms with Crippen LogP contribution in [0, 0.1) is 11.6 Å². The number of amides is 1. The van der Waals surface area contributed by atoms with E-state index >= 15 is 0 Å². The molecule has 7 heteroatoms. The summed E-state index contributed by atoms with van der Waals surface area (Å²) in [5, 5.41) is 19.6. The first-order valence-corrected chi connectivity index (χ1v) is 7.61. The minimum absolute atomic E-state index is 0.0562. The first-order chi connectivity index (χ1) is 10.9. The normalized spacial score (nSPS) is 22.0. The topological polar surface area (TPSA) is 64.0 Å². The molecule has 2 N–H and O–H groups in total. The van der Waals surface area contributed by atoms with E-state index in [0.29, 0.717) is 31.5 Å². The van der Waals surface area contributed by atoms with Gasteiger partial charge >= 0.3 is 0 Å². The monoisotopic (exact) mass is 328 g/mol. The van der Waals surface area contributed by atoms with Crippen molar-refractivity contribution in [2.24, 2.45) is 0 Å². The molecule has 1 saturated heterocycles. The third-order valence-corrected chi connectivity index (χ3v) is 4.07. The lowest BCUT2D eigenvalue weighted by molar-refractivity contribution is -0.160. The molecule has 5 nitrogen and oxygen atoms in total. The van der Waals surface area contributed by atoms with E-state index in [2.05, 4.69) is 0 Å². The molecule has 1 heterocycles. The van der Waals surface area contributed by atoms with Crippen molar-refractivity contribution in [3.8, 4) is 0 Å². The molecule has 0 radical (unpaired) electrons. The highest BCUT2D eigenvalue weighted by atomic mass is 19.2. The van der Waals surface area contributed by atoms with E-state index in [4.69, 9.17) is 5.11 Å². The highest BCUT2D eigenvalue weighted by Gasteiger charge is 2.42. The van der Waals surface area contributed by atoms with Crippen molar-refractivity contribution in [2.45, 2.75) is 25.0 Å². The molecule has 1 aromatic rings. The Balaban J connectivity index is 2.08. The first-order valence-electron chi connectivity index (χ1n) is 7.61. The van der Waals surface area contributed by atoms with Crippen molar-refractivity contribution in [2.75, 3.05) is 33.3 Å². The van der Waals surface area contributed by atoms with Crippen LogP contribution in [0.1, 0.15) is 18.4 Å². The quantitative estimate of drug-likeness (QED) is 0.809. The Hall–Kier alpha value is -1.57. The number of nitrogens with zero attached hydrogens (tertiary/aromatic N) is 2. The number of hydrogen-bond donors (Lipinski definition) is 2. The minimum atomic E-state index is -1.51. The van der Waals surface area contributed by atoms with Gasteiger partial charge in [0, 0.05) is 26.2 Å². The number of halogens is 2. The maximum Gasteiger partial charge on any atom is 0.256 e. The van der Waals surface area contributed by atoms with Gasteiger partial charge in [0.15, 0.2) is 17.2 Å². The van der Waals surface area contributed by atoms with E-state index < -0.39 is 23.1 Å². The van der Waals surface area contributed by atoms with Crippen LogP contribution in [0.15, 0.2) is 18.2 Å². The van der Waals surface area contributed by atoms with Crippen LogP contribution < -0.4 is 0 Å². The molecular weight excluding hydrogens is 306 g/mol. The Kier molecular flexibility index (Phi) is 5.67. The Morgan fingerprint density at radius 2 is 2.09 bits per heavy atom. The summed E-state index contributed by atoms with van der Waals surface area (Å²) in [6.07, 6.45) is 0.967. The molecule has 0 saturated carbocycles. The summed E-state index contributed by atoms with van der Waals surface area (Å²) in [6.45, 7) is 1.02. The van der Waals surface area contributed by atoms with Crippen molar-refractivity contribution in [3.05, 3.63) is 35.4 Å². The van der Waals surface area contributed by atoms with Gasteiger partial charge in [-0.1, -0.05) is 6.07 Å². The predicted molar refractivity (Wildman–Crippen MR) is 80.5 cm³/mol. The summed E-state index contributed by atoms with van der Waals surface area (Å²) in [5.74, 6) is -2.30. The van der Waals surface area contributed by atoms with E-state index in [1.807, 2.05) is 0 Å². The summed E-state index contributed by atoms with van der Waals surface area (Å²) in [4.78, 5) is 15.7. The van der Waals surface area contributed by atoms with Crippen molar-refractivity contribution < 1.29 is 23.8 Å². The van der Waals surface area contributed by atoms with Gasteiger partial charge < -0.3 is 20.0 Å². The lowest BCUT2D eigenvalue weighted by Crippen LogP contribution is -2.58. The number of aliphatic hydroxyl groups is 2. The largest absolute Gasteiger partial charge is 0.395 e. The molecule has 1 atom stereocenters. The summed E-state index contributed by atoms with van der Waals surface area (Å²) in [5.41, 5.74) is -1.04. The second-order valence-electron chi connectivity index (χ2n) is 6.07. The van der Waals surface area contributed by atoms with Crippen LogP contribution in [0.2, 0.25) is 0 Å². The Labute approximate surface area is 134 Å². The number of benzene rings is 1. The highest BCUT2D eigenvalue weighted by molar-refractivity contribution is 5.86. The Morgan fingerprint density at radius 1 is 1.35 bits per heavy atom. The first kappa shape index (κ1) is 17.8. The zero-order valence-corrected chi connectivity index (χ0v) is 13.1. The molecule has 1 fully saturated rings. The molecule has 0 bridgehead atoms. The SMILES string of the molecule is CN(CCO)C[C@]1(O)CCCN(Cc2ccc(F)c(F)c2)C1=O. The molecule has 0 unspecified atom stereocenters. The molecule has 23 heavy (non-hydrogen) atoms. The van der Waals surface area contributed by atoms with Gasteiger partial charge in [-0.15, -0.1) is 0 Å². The lowest BCUT2D eigenvalue weighted by Gasteiger charge is -2.40. The zero-order valence-electron chi connectivity index (χ0n) is 13.1. The average Bonchev–Trinajstić information content (AvgIpc) is 2.48. The van der Waals surface area contributed by atoms with Crippen molar-refractivity contribution >= 4 is 5.91 Å². The second-order valence-corrected chi connectivity index (χ2v) is 6.07. The fourth-order valence-corrected chi connectivity index (χ4v) is 2.92. The Morgan fingerprint density at radius 3 is 2.74 bits per heavy atom. The van der Waals surface area contributed by atoms with Gasteiger partial charge in [0.05, 0.1) is 6.61 Å². The molecule has 2 rings (SSSR count). The molecule has 1 aliphatic rings. The third-order valence-electron chi connectivity index (χ3n) is 4.07. The second kappa shape index (κ2) is 7.33. The number of aliphatic hydroxyl groups excluding tert-OH is 1. The van der Waals surface area contributed by atoms with Crippen LogP contribution in [-0.2, 0) is 11.3 Å². The molecule has 0 spiro atoms. The fourth-order valence-electron chi connectivity index (χ4n) is 2.92.